The van der Waals surface area contributed by atoms with E-state index in [0.717, 1.165) is 35.4 Å². The molecule has 1 N–H and O–H groups in total. The maximum Gasteiger partial charge on any atom is 0.236 e. The fraction of sp³-hybridized carbons (Fsp3) is 0.500. The van der Waals surface area contributed by atoms with E-state index >= 15 is 0 Å². The highest BCUT2D eigenvalue weighted by molar-refractivity contribution is 8.00. The first kappa shape index (κ1) is 16.4. The number of nitrogens with zero attached hydrogens (tertiary/aromatic N) is 3. The molecule has 0 bridgehead atoms. The minimum Gasteiger partial charge on any atom is -0.443 e. The maximum atomic E-state index is 5.56. The number of rotatable bonds is 3. The summed E-state index contributed by atoms with van der Waals surface area (Å²) in [5.74, 6) is 2.74. The lowest BCUT2D eigenvalue weighted by Crippen LogP contribution is -2.50. The van der Waals surface area contributed by atoms with Crippen LogP contribution >= 0.6 is 23.1 Å². The molecule has 3 heterocycles. The van der Waals surface area contributed by atoms with Gasteiger partial charge in [0.25, 0.3) is 0 Å². The zero-order valence-electron chi connectivity index (χ0n) is 13.7. The third kappa shape index (κ3) is 4.09. The smallest absolute Gasteiger partial charge is 0.236 e. The Kier molecular flexibility index (Phi) is 4.96. The number of hydrogen-bond donors (Lipinski definition) is 1. The average Bonchev–Trinajstić information content (AvgIpc) is 3.18. The van der Waals surface area contributed by atoms with Gasteiger partial charge in [0.1, 0.15) is 6.26 Å². The van der Waals surface area contributed by atoms with Crippen LogP contribution in [0.5, 0.6) is 0 Å². The first-order chi connectivity index (χ1) is 11.1. The summed E-state index contributed by atoms with van der Waals surface area (Å²) in [4.78, 5) is 12.3. The summed E-state index contributed by atoms with van der Waals surface area (Å²) in [7, 11) is 1.83. The van der Waals surface area contributed by atoms with Crippen molar-refractivity contribution in [2.75, 3.05) is 25.9 Å². The molecule has 1 saturated heterocycles. The van der Waals surface area contributed by atoms with Gasteiger partial charge in [-0.25, -0.2) is 4.98 Å². The predicted molar refractivity (Wildman–Crippen MR) is 98.1 cm³/mol. The number of aliphatic imine (C=N–C) groups is 1. The fourth-order valence-electron chi connectivity index (χ4n) is 2.60. The fourth-order valence-corrected chi connectivity index (χ4v) is 4.37. The van der Waals surface area contributed by atoms with Gasteiger partial charge in [-0.15, -0.1) is 11.3 Å². The first-order valence-electron chi connectivity index (χ1n) is 7.65. The van der Waals surface area contributed by atoms with Gasteiger partial charge in [0.2, 0.25) is 5.89 Å². The highest BCUT2D eigenvalue weighted by atomic mass is 32.2. The van der Waals surface area contributed by atoms with Gasteiger partial charge in [0, 0.05) is 30.6 Å². The Morgan fingerprint density at radius 3 is 3.09 bits per heavy atom. The number of oxazole rings is 1. The summed E-state index contributed by atoms with van der Waals surface area (Å²) in [5, 5.41) is 5.42. The lowest BCUT2D eigenvalue weighted by molar-refractivity contribution is 0.375. The summed E-state index contributed by atoms with van der Waals surface area (Å²) in [6.45, 7) is 7.19. The zero-order valence-corrected chi connectivity index (χ0v) is 15.3. The second-order valence-electron chi connectivity index (χ2n) is 6.05. The van der Waals surface area contributed by atoms with E-state index in [1.807, 2.05) is 36.3 Å². The number of thioether (sulfide) groups is 1. The molecule has 124 valence electrons. The summed E-state index contributed by atoms with van der Waals surface area (Å²) in [6.07, 6.45) is 1.71. The number of aromatic nitrogens is 1. The van der Waals surface area contributed by atoms with E-state index in [4.69, 9.17) is 4.42 Å². The van der Waals surface area contributed by atoms with Crippen molar-refractivity contribution < 1.29 is 4.42 Å². The van der Waals surface area contributed by atoms with Crippen molar-refractivity contribution in [3.05, 3.63) is 29.5 Å². The van der Waals surface area contributed by atoms with Crippen LogP contribution in [0, 0.1) is 0 Å². The Hall–Kier alpha value is -1.47. The molecule has 0 spiro atoms. The molecular weight excluding hydrogens is 328 g/mol. The normalized spacial score (nSPS) is 18.2. The van der Waals surface area contributed by atoms with Crippen LogP contribution in [0.4, 0.5) is 0 Å². The van der Waals surface area contributed by atoms with Gasteiger partial charge in [-0.3, -0.25) is 4.99 Å². The van der Waals surface area contributed by atoms with Gasteiger partial charge in [-0.1, -0.05) is 6.07 Å². The Labute approximate surface area is 145 Å². The molecule has 7 heteroatoms. The molecule has 1 fully saturated rings. The Bertz CT molecular complexity index is 663. The molecule has 0 atom stereocenters. The lowest BCUT2D eigenvalue weighted by atomic mass is 10.2. The van der Waals surface area contributed by atoms with Crippen molar-refractivity contribution >= 4 is 29.1 Å². The summed E-state index contributed by atoms with van der Waals surface area (Å²) in [5.41, 5.74) is 0.889. The van der Waals surface area contributed by atoms with Gasteiger partial charge in [-0.2, -0.15) is 11.8 Å². The lowest BCUT2D eigenvalue weighted by Gasteiger charge is -2.39. The zero-order chi connectivity index (χ0) is 16.3. The standard InChI is InChI=1S/C16H22N4OS2/c1-16(2)11-20(6-8-23-16)15(17-3)18-9-12-10-21-14(19-12)13-5-4-7-22-13/h4-5,7,10H,6,8-9,11H2,1-3H3,(H,17,18). The molecule has 2 aromatic heterocycles. The molecule has 3 rings (SSSR count). The van der Waals surface area contributed by atoms with Crippen molar-refractivity contribution in [2.24, 2.45) is 4.99 Å². The third-order valence-electron chi connectivity index (χ3n) is 3.65. The first-order valence-corrected chi connectivity index (χ1v) is 9.52. The molecule has 0 saturated carbocycles. The summed E-state index contributed by atoms with van der Waals surface area (Å²) >= 11 is 3.65. The van der Waals surface area contributed by atoms with Crippen LogP contribution in [0.25, 0.3) is 10.8 Å². The van der Waals surface area contributed by atoms with Gasteiger partial charge in [-0.05, 0) is 25.3 Å². The molecule has 0 amide bonds. The summed E-state index contributed by atoms with van der Waals surface area (Å²) in [6, 6.07) is 4.01. The molecule has 0 aromatic carbocycles. The van der Waals surface area contributed by atoms with E-state index < -0.39 is 0 Å². The van der Waals surface area contributed by atoms with E-state index in [-0.39, 0.29) is 4.75 Å². The topological polar surface area (TPSA) is 53.7 Å². The van der Waals surface area contributed by atoms with Crippen LogP contribution in [0.3, 0.4) is 0 Å². The van der Waals surface area contributed by atoms with Crippen LogP contribution in [0.15, 0.2) is 33.2 Å². The molecular formula is C16H22N4OS2. The molecule has 0 aliphatic carbocycles. The van der Waals surface area contributed by atoms with Crippen molar-refractivity contribution in [1.82, 2.24) is 15.2 Å². The molecule has 1 aliphatic rings. The molecule has 1 aliphatic heterocycles. The molecule has 0 radical (unpaired) electrons. The predicted octanol–water partition coefficient (Wildman–Crippen LogP) is 3.31. The Morgan fingerprint density at radius 1 is 1.52 bits per heavy atom. The third-order valence-corrected chi connectivity index (χ3v) is 5.80. The van der Waals surface area contributed by atoms with Crippen LogP contribution in [-0.4, -0.2) is 46.5 Å². The van der Waals surface area contributed by atoms with Gasteiger partial charge >= 0.3 is 0 Å². The van der Waals surface area contributed by atoms with Crippen LogP contribution < -0.4 is 5.32 Å². The minimum atomic E-state index is 0.260. The van der Waals surface area contributed by atoms with Crippen LogP contribution in [-0.2, 0) is 6.54 Å². The van der Waals surface area contributed by atoms with Crippen LogP contribution in [0.1, 0.15) is 19.5 Å². The molecule has 2 aromatic rings. The van der Waals surface area contributed by atoms with Crippen molar-refractivity contribution in [3.63, 3.8) is 0 Å². The van der Waals surface area contributed by atoms with E-state index in [1.54, 1.807) is 17.6 Å². The SMILES string of the molecule is CN=C(NCc1coc(-c2cccs2)n1)N1CCSC(C)(C)C1. The number of hydrogen-bond acceptors (Lipinski definition) is 5. The van der Waals surface area contributed by atoms with Gasteiger partial charge in [0.15, 0.2) is 5.96 Å². The molecule has 0 unspecified atom stereocenters. The Morgan fingerprint density at radius 2 is 2.39 bits per heavy atom. The number of nitrogens with one attached hydrogen (secondary N) is 1. The quantitative estimate of drug-likeness (QED) is 0.680. The van der Waals surface area contributed by atoms with Crippen molar-refractivity contribution in [2.45, 2.75) is 25.1 Å². The number of guanidine groups is 1. The monoisotopic (exact) mass is 350 g/mol. The number of thiophene rings is 1. The van der Waals surface area contributed by atoms with E-state index in [1.165, 1.54) is 0 Å². The second-order valence-corrected chi connectivity index (χ2v) is 8.80. The minimum absolute atomic E-state index is 0.260. The molecule has 5 nitrogen and oxygen atoms in total. The second kappa shape index (κ2) is 6.97. The van der Waals surface area contributed by atoms with Gasteiger partial charge in [0.05, 0.1) is 17.1 Å². The van der Waals surface area contributed by atoms with Gasteiger partial charge < -0.3 is 14.6 Å². The van der Waals surface area contributed by atoms with E-state index in [0.29, 0.717) is 12.4 Å². The van der Waals surface area contributed by atoms with Crippen molar-refractivity contribution in [3.8, 4) is 10.8 Å². The average molecular weight is 351 g/mol. The summed E-state index contributed by atoms with van der Waals surface area (Å²) < 4.78 is 5.82. The molecule has 23 heavy (non-hydrogen) atoms. The van der Waals surface area contributed by atoms with Crippen molar-refractivity contribution in [1.29, 1.82) is 0 Å². The maximum absolute atomic E-state index is 5.56. The highest BCUT2D eigenvalue weighted by Gasteiger charge is 2.28. The largest absolute Gasteiger partial charge is 0.443 e. The Balaban J connectivity index is 1.60. The van der Waals surface area contributed by atoms with E-state index in [2.05, 4.69) is 34.0 Å². The van der Waals surface area contributed by atoms with Crippen LogP contribution in [0.2, 0.25) is 0 Å². The highest BCUT2D eigenvalue weighted by Crippen LogP contribution is 2.29. The van der Waals surface area contributed by atoms with E-state index in [9.17, 15) is 0 Å².